The molecule has 0 bridgehead atoms. The number of aliphatic hydroxyl groups excluding tert-OH is 1. The second kappa shape index (κ2) is 20.2. The average molecular weight is 790 g/mol. The summed E-state index contributed by atoms with van der Waals surface area (Å²) in [5.74, 6) is -0.554. The van der Waals surface area contributed by atoms with Crippen molar-refractivity contribution in [3.05, 3.63) is 0 Å². The molecule has 4 unspecified atom stereocenters. The minimum Gasteiger partial charge on any atom is -0.392 e. The van der Waals surface area contributed by atoms with E-state index in [4.69, 9.17) is 0 Å². The fourth-order valence-electron chi connectivity index (χ4n) is 8.24. The highest BCUT2D eigenvalue weighted by atomic mass is 19.3. The number of nitrogens with zero attached hydrogens (tertiary/aromatic N) is 7. The number of β-amino-alcohol motifs (C(OH)–C–C–N with tert-alkyl or cyclic N) is 1. The van der Waals surface area contributed by atoms with Crippen molar-refractivity contribution in [2.24, 2.45) is 11.8 Å². The Bertz CT molecular complexity index is 1060. The summed E-state index contributed by atoms with van der Waals surface area (Å²) in [5, 5.41) is 9.22. The molecule has 6 aliphatic heterocycles. The summed E-state index contributed by atoms with van der Waals surface area (Å²) in [6.07, 6.45) is 1.01. The van der Waals surface area contributed by atoms with Crippen molar-refractivity contribution in [3.63, 3.8) is 0 Å². The molecule has 0 amide bonds. The summed E-state index contributed by atoms with van der Waals surface area (Å²) in [6.45, 7) is 46.8. The summed E-state index contributed by atoms with van der Waals surface area (Å²) in [7, 11) is 4.44. The van der Waals surface area contributed by atoms with Crippen molar-refractivity contribution < 1.29 is 18.3 Å². The van der Waals surface area contributed by atoms with Gasteiger partial charge in [0.15, 0.2) is 0 Å². The van der Waals surface area contributed by atoms with Gasteiger partial charge in [0.2, 0.25) is 0 Å². The molecule has 0 saturated carbocycles. The lowest BCUT2D eigenvalue weighted by atomic mass is 10.0. The summed E-state index contributed by atoms with van der Waals surface area (Å²) in [6, 6.07) is 0. The largest absolute Gasteiger partial charge is 0.392 e. The molecule has 0 radical (unpaired) electrons. The zero-order valence-electron chi connectivity index (χ0n) is 39.0. The highest BCUT2D eigenvalue weighted by molar-refractivity contribution is 4.96. The summed E-state index contributed by atoms with van der Waals surface area (Å²) in [5.41, 5.74) is 1.02. The number of hydrogen-bond donors (Lipinski definition) is 1. The molecular weight excluding hydrogens is 700 g/mol. The topological polar surface area (TPSA) is 42.9 Å². The first kappa shape index (κ1) is 50.6. The van der Waals surface area contributed by atoms with Crippen molar-refractivity contribution in [2.45, 2.75) is 169 Å². The Balaban J connectivity index is 0.000000239. The summed E-state index contributed by atoms with van der Waals surface area (Å²) < 4.78 is 38.0. The molecular formula is C44H90F3N7O. The number of aliphatic hydroxyl groups is 1. The molecule has 6 fully saturated rings. The third-order valence-electron chi connectivity index (χ3n) is 12.4. The first-order chi connectivity index (χ1) is 24.8. The fourth-order valence-corrected chi connectivity index (χ4v) is 8.24. The zero-order valence-corrected chi connectivity index (χ0v) is 39.0. The molecule has 4 atom stereocenters. The molecule has 1 N–H and O–H groups in total. The minimum absolute atomic E-state index is 0.0181. The van der Waals surface area contributed by atoms with Crippen LogP contribution in [0.4, 0.5) is 13.2 Å². The lowest BCUT2D eigenvalue weighted by molar-refractivity contribution is 0.00171. The van der Waals surface area contributed by atoms with Crippen LogP contribution in [0, 0.1) is 11.8 Å². The molecule has 328 valence electrons. The van der Waals surface area contributed by atoms with Gasteiger partial charge in [-0.3, -0.25) is 24.5 Å². The van der Waals surface area contributed by atoms with Crippen LogP contribution >= 0.6 is 0 Å². The van der Waals surface area contributed by atoms with Crippen LogP contribution in [0.1, 0.15) is 123 Å². The molecule has 6 heterocycles. The van der Waals surface area contributed by atoms with E-state index in [9.17, 15) is 18.3 Å². The second-order valence-electron chi connectivity index (χ2n) is 22.5. The molecule has 55 heavy (non-hydrogen) atoms. The average Bonchev–Trinajstić information content (AvgIpc) is 3.83. The maximum absolute atomic E-state index is 12.7. The van der Waals surface area contributed by atoms with Crippen LogP contribution in [-0.4, -0.2) is 191 Å². The molecule has 6 rings (SSSR count). The number of likely N-dealkylation sites (N-methyl/N-ethyl adjacent to an activating group) is 1. The van der Waals surface area contributed by atoms with E-state index in [2.05, 4.69) is 127 Å². The van der Waals surface area contributed by atoms with Gasteiger partial charge in [0.25, 0.3) is 5.92 Å². The van der Waals surface area contributed by atoms with Crippen LogP contribution in [0.15, 0.2) is 0 Å². The minimum atomic E-state index is -2.45. The van der Waals surface area contributed by atoms with Gasteiger partial charge in [-0.25, -0.2) is 13.2 Å². The summed E-state index contributed by atoms with van der Waals surface area (Å²) >= 11 is 0. The second-order valence-corrected chi connectivity index (χ2v) is 22.5. The smallest absolute Gasteiger partial charge is 0.261 e. The quantitative estimate of drug-likeness (QED) is 0.279. The lowest BCUT2D eigenvalue weighted by Gasteiger charge is -2.41. The Morgan fingerprint density at radius 2 is 0.873 bits per heavy atom. The normalized spacial score (nSPS) is 29.4. The van der Waals surface area contributed by atoms with Gasteiger partial charge in [-0.1, -0.05) is 0 Å². The van der Waals surface area contributed by atoms with Crippen LogP contribution in [0.25, 0.3) is 0 Å². The van der Waals surface area contributed by atoms with Gasteiger partial charge in [0.05, 0.1) is 12.6 Å². The Hall–Kier alpha value is -0.530. The summed E-state index contributed by atoms with van der Waals surface area (Å²) in [4.78, 5) is 16.4. The number of fused-ring (bicyclic) bond motifs is 1. The first-order valence-corrected chi connectivity index (χ1v) is 21.6. The molecule has 8 nitrogen and oxygen atoms in total. The lowest BCUT2D eigenvalue weighted by Crippen LogP contribution is -2.52. The maximum Gasteiger partial charge on any atom is 0.261 e. The fraction of sp³-hybridized carbons (Fsp3) is 1.00. The Kier molecular flexibility index (Phi) is 18.5. The van der Waals surface area contributed by atoms with Crippen molar-refractivity contribution in [3.8, 4) is 0 Å². The van der Waals surface area contributed by atoms with Gasteiger partial charge in [-0.15, -0.1) is 0 Å². The number of halogens is 3. The van der Waals surface area contributed by atoms with Crippen molar-refractivity contribution in [1.29, 1.82) is 0 Å². The third-order valence-corrected chi connectivity index (χ3v) is 12.4. The van der Waals surface area contributed by atoms with E-state index >= 15 is 0 Å². The molecule has 6 saturated heterocycles. The zero-order chi connectivity index (χ0) is 42.4. The Labute approximate surface area is 338 Å². The van der Waals surface area contributed by atoms with Gasteiger partial charge in [0.1, 0.15) is 6.17 Å². The Morgan fingerprint density at radius 1 is 0.455 bits per heavy atom. The standard InChI is InChI=1S/C11H22N2.C9H20N2.C8H15F2N.C8H16FN.C8H17NO/c1-11(2,3)13-7-9-5-12(4)6-10(9)8-13;1-9(2,3)11-7-5-10(4)6-8-11;1-7(2,3)11-5-4-8(9,10)6-11;1-8(2,3)10-5-4-7(9)6-10;1-8(2,3)9-5-4-7(10)6-9/h9-10H,5-8H2,1-4H3;5-8H2,1-4H3;4-6H2,1-3H3;7H,4-6H2,1-3H3;7,10H,4-6H2,1-3H3. The maximum atomic E-state index is 12.7. The van der Waals surface area contributed by atoms with Crippen molar-refractivity contribution in [1.82, 2.24) is 34.3 Å². The van der Waals surface area contributed by atoms with Crippen molar-refractivity contribution >= 4 is 0 Å². The number of alkyl halides is 3. The van der Waals surface area contributed by atoms with E-state index in [0.29, 0.717) is 24.2 Å². The Morgan fingerprint density at radius 3 is 1.15 bits per heavy atom. The van der Waals surface area contributed by atoms with Gasteiger partial charge < -0.3 is 14.9 Å². The number of rotatable bonds is 0. The van der Waals surface area contributed by atoms with Gasteiger partial charge >= 0.3 is 0 Å². The SMILES string of the molecule is CC(C)(C)N1CCC(F)(F)C1.CC(C)(C)N1CCC(F)C1.CC(C)(C)N1CCC(O)C1.CN1CC2CN(C(C)(C)C)CC2C1.CN1CCN(C(C)(C)C)CC1. The monoisotopic (exact) mass is 790 g/mol. The van der Waals surface area contributed by atoms with Crippen LogP contribution in [0.3, 0.4) is 0 Å². The van der Waals surface area contributed by atoms with E-state index in [0.717, 1.165) is 44.3 Å². The van der Waals surface area contributed by atoms with E-state index in [1.54, 1.807) is 0 Å². The predicted octanol–water partition coefficient (Wildman–Crippen LogP) is 7.12. The third kappa shape index (κ3) is 18.1. The molecule has 11 heteroatoms. The van der Waals surface area contributed by atoms with Crippen LogP contribution in [0.2, 0.25) is 0 Å². The number of piperazine rings is 1. The highest BCUT2D eigenvalue weighted by Crippen LogP contribution is 2.34. The molecule has 0 aromatic rings. The van der Waals surface area contributed by atoms with Crippen LogP contribution in [-0.2, 0) is 0 Å². The highest BCUT2D eigenvalue weighted by Gasteiger charge is 2.43. The molecule has 6 aliphatic rings. The van der Waals surface area contributed by atoms with Crippen LogP contribution in [0.5, 0.6) is 0 Å². The van der Waals surface area contributed by atoms with E-state index < -0.39 is 12.1 Å². The van der Waals surface area contributed by atoms with E-state index in [1.165, 1.54) is 52.4 Å². The van der Waals surface area contributed by atoms with Crippen LogP contribution < -0.4 is 0 Å². The van der Waals surface area contributed by atoms with Gasteiger partial charge in [-0.2, -0.15) is 0 Å². The molecule has 0 aliphatic carbocycles. The predicted molar refractivity (Wildman–Crippen MR) is 228 cm³/mol. The first-order valence-electron chi connectivity index (χ1n) is 21.6. The van der Waals surface area contributed by atoms with Gasteiger partial charge in [0, 0.05) is 119 Å². The molecule has 0 spiro atoms. The van der Waals surface area contributed by atoms with Crippen molar-refractivity contribution in [2.75, 3.05) is 106 Å². The molecule has 0 aromatic heterocycles. The number of likely N-dealkylation sites (tertiary alicyclic amines) is 5. The van der Waals surface area contributed by atoms with E-state index in [1.807, 2.05) is 25.7 Å². The van der Waals surface area contributed by atoms with Gasteiger partial charge in [-0.05, 0) is 143 Å². The number of hydrogen-bond acceptors (Lipinski definition) is 8. The van der Waals surface area contributed by atoms with E-state index in [-0.39, 0.29) is 35.7 Å². The molecule has 0 aromatic carbocycles.